The molecule has 1 heterocycles. The fourth-order valence-corrected chi connectivity index (χ4v) is 3.14. The van der Waals surface area contributed by atoms with Crippen LogP contribution in [-0.2, 0) is 7.05 Å². The summed E-state index contributed by atoms with van der Waals surface area (Å²) in [5, 5.41) is 6.24. The van der Waals surface area contributed by atoms with Gasteiger partial charge in [0.1, 0.15) is 5.82 Å². The normalized spacial score (nSPS) is 11.5. The third kappa shape index (κ3) is 2.73. The Morgan fingerprint density at radius 2 is 1.73 bits per heavy atom. The van der Waals surface area contributed by atoms with Crippen LogP contribution >= 0.6 is 0 Å². The Labute approximate surface area is 149 Å². The molecule has 26 heavy (non-hydrogen) atoms. The van der Waals surface area contributed by atoms with E-state index in [0.717, 1.165) is 27.4 Å². The average Bonchev–Trinajstić information content (AvgIpc) is 2.95. The lowest BCUT2D eigenvalue weighted by Crippen LogP contribution is -2.18. The Kier molecular flexibility index (Phi) is 3.97. The minimum absolute atomic E-state index is 0.0332. The van der Waals surface area contributed by atoms with Gasteiger partial charge < -0.3 is 4.57 Å². The summed E-state index contributed by atoms with van der Waals surface area (Å²) in [6.45, 7) is 0. The van der Waals surface area contributed by atoms with Gasteiger partial charge >= 0.3 is 0 Å². The van der Waals surface area contributed by atoms with Gasteiger partial charge in [0.25, 0.3) is 5.91 Å². The molecule has 0 bridgehead atoms. The van der Waals surface area contributed by atoms with Crippen molar-refractivity contribution in [2.75, 3.05) is 0 Å². The molecule has 0 saturated carbocycles. The molecular weight excluding hydrogens is 329 g/mol. The first kappa shape index (κ1) is 16.0. The zero-order valence-corrected chi connectivity index (χ0v) is 14.1. The lowest BCUT2D eigenvalue weighted by atomic mass is 10.1. The molecule has 0 spiro atoms. The molecule has 0 aliphatic carbocycles. The summed E-state index contributed by atoms with van der Waals surface area (Å²) in [7, 11) is 2.03. The van der Waals surface area contributed by atoms with E-state index < -0.39 is 11.7 Å². The van der Waals surface area contributed by atoms with Crippen molar-refractivity contribution in [2.24, 2.45) is 12.1 Å². The molecule has 0 unspecified atom stereocenters. The van der Waals surface area contributed by atoms with Crippen LogP contribution in [0.2, 0.25) is 0 Å². The molecule has 1 aromatic heterocycles. The second-order valence-corrected chi connectivity index (χ2v) is 6.03. The summed E-state index contributed by atoms with van der Waals surface area (Å²) in [5.74, 6) is -1.15. The summed E-state index contributed by atoms with van der Waals surface area (Å²) in [6.07, 6.45) is 1.56. The highest BCUT2D eigenvalue weighted by Gasteiger charge is 2.10. The second kappa shape index (κ2) is 6.44. The Balaban J connectivity index is 1.61. The predicted molar refractivity (Wildman–Crippen MR) is 102 cm³/mol. The van der Waals surface area contributed by atoms with E-state index in [1.165, 1.54) is 18.2 Å². The van der Waals surface area contributed by atoms with E-state index in [-0.39, 0.29) is 5.56 Å². The minimum atomic E-state index is -0.578. The molecule has 0 radical (unpaired) electrons. The SMILES string of the molecule is Cn1c2ccccc2c2cc(C=NNC(=O)c3ccccc3F)ccc21. The number of aryl methyl sites for hydroxylation is 1. The maximum atomic E-state index is 13.6. The van der Waals surface area contributed by atoms with E-state index >= 15 is 0 Å². The highest BCUT2D eigenvalue weighted by Crippen LogP contribution is 2.28. The molecule has 5 heteroatoms. The standard InChI is InChI=1S/C21H16FN3O/c1-25-19-9-5-3-6-15(19)17-12-14(10-11-20(17)25)13-23-24-21(26)16-7-2-4-8-18(16)22/h2-13H,1H3,(H,24,26). The molecule has 4 nitrogen and oxygen atoms in total. The van der Waals surface area contributed by atoms with E-state index in [2.05, 4.69) is 27.2 Å². The maximum absolute atomic E-state index is 13.6. The number of para-hydroxylation sites is 1. The van der Waals surface area contributed by atoms with Crippen LogP contribution < -0.4 is 5.43 Å². The molecular formula is C21H16FN3O. The molecule has 128 valence electrons. The molecule has 4 aromatic rings. The third-order valence-electron chi connectivity index (χ3n) is 4.44. The zero-order valence-electron chi connectivity index (χ0n) is 14.1. The first-order valence-corrected chi connectivity index (χ1v) is 8.20. The summed E-state index contributed by atoms with van der Waals surface area (Å²) in [6, 6.07) is 20.0. The Morgan fingerprint density at radius 3 is 2.58 bits per heavy atom. The molecule has 1 amide bonds. The van der Waals surface area contributed by atoms with E-state index in [1.807, 2.05) is 37.4 Å². The number of rotatable bonds is 3. The van der Waals surface area contributed by atoms with Crippen molar-refractivity contribution >= 4 is 33.9 Å². The van der Waals surface area contributed by atoms with Crippen LogP contribution in [0.5, 0.6) is 0 Å². The van der Waals surface area contributed by atoms with Crippen LogP contribution in [0.15, 0.2) is 71.8 Å². The summed E-state index contributed by atoms with van der Waals surface area (Å²) in [5.41, 5.74) is 5.46. The Hall–Kier alpha value is -3.47. The van der Waals surface area contributed by atoms with Crippen LogP contribution in [0.4, 0.5) is 4.39 Å². The lowest BCUT2D eigenvalue weighted by molar-refractivity contribution is 0.0951. The van der Waals surface area contributed by atoms with Crippen LogP contribution in [-0.4, -0.2) is 16.7 Å². The summed E-state index contributed by atoms with van der Waals surface area (Å²) < 4.78 is 15.7. The molecule has 0 saturated heterocycles. The predicted octanol–water partition coefficient (Wildman–Crippen LogP) is 4.23. The number of aromatic nitrogens is 1. The van der Waals surface area contributed by atoms with Gasteiger partial charge in [-0.2, -0.15) is 5.10 Å². The van der Waals surface area contributed by atoms with E-state index in [0.29, 0.717) is 0 Å². The molecule has 0 fully saturated rings. The van der Waals surface area contributed by atoms with Gasteiger partial charge in [-0.1, -0.05) is 36.4 Å². The van der Waals surface area contributed by atoms with Crippen LogP contribution in [0.3, 0.4) is 0 Å². The third-order valence-corrected chi connectivity index (χ3v) is 4.44. The fraction of sp³-hybridized carbons (Fsp3) is 0.0476. The van der Waals surface area contributed by atoms with Crippen molar-refractivity contribution in [3.8, 4) is 0 Å². The molecule has 0 aliphatic heterocycles. The zero-order chi connectivity index (χ0) is 18.1. The number of hydrogen-bond acceptors (Lipinski definition) is 2. The van der Waals surface area contributed by atoms with Crippen molar-refractivity contribution < 1.29 is 9.18 Å². The molecule has 0 atom stereocenters. The number of nitrogens with one attached hydrogen (secondary N) is 1. The highest BCUT2D eigenvalue weighted by atomic mass is 19.1. The Morgan fingerprint density at radius 1 is 1.00 bits per heavy atom. The van der Waals surface area contributed by atoms with Crippen LogP contribution in [0.1, 0.15) is 15.9 Å². The average molecular weight is 345 g/mol. The quantitative estimate of drug-likeness (QED) is 0.438. The number of halogens is 1. The molecule has 3 aromatic carbocycles. The van der Waals surface area contributed by atoms with Gasteiger partial charge in [0, 0.05) is 28.9 Å². The van der Waals surface area contributed by atoms with Crippen molar-refractivity contribution in [1.29, 1.82) is 0 Å². The minimum Gasteiger partial charge on any atom is -0.344 e. The highest BCUT2D eigenvalue weighted by molar-refractivity contribution is 6.09. The molecule has 1 N–H and O–H groups in total. The van der Waals surface area contributed by atoms with Gasteiger partial charge in [0.15, 0.2) is 0 Å². The monoisotopic (exact) mass is 345 g/mol. The number of nitrogens with zero attached hydrogens (tertiary/aromatic N) is 2. The van der Waals surface area contributed by atoms with Gasteiger partial charge in [0.05, 0.1) is 11.8 Å². The van der Waals surface area contributed by atoms with Crippen LogP contribution in [0.25, 0.3) is 21.8 Å². The van der Waals surface area contributed by atoms with Gasteiger partial charge in [-0.15, -0.1) is 0 Å². The van der Waals surface area contributed by atoms with Gasteiger partial charge in [-0.25, -0.2) is 9.82 Å². The van der Waals surface area contributed by atoms with E-state index in [1.54, 1.807) is 12.3 Å². The lowest BCUT2D eigenvalue weighted by Gasteiger charge is -2.01. The topological polar surface area (TPSA) is 46.4 Å². The number of benzene rings is 3. The number of carbonyl (C=O) groups excluding carboxylic acids is 1. The summed E-state index contributed by atoms with van der Waals surface area (Å²) in [4.78, 5) is 12.0. The first-order valence-electron chi connectivity index (χ1n) is 8.20. The van der Waals surface area contributed by atoms with Crippen molar-refractivity contribution in [3.63, 3.8) is 0 Å². The van der Waals surface area contributed by atoms with E-state index in [9.17, 15) is 9.18 Å². The van der Waals surface area contributed by atoms with Gasteiger partial charge in [0.2, 0.25) is 0 Å². The largest absolute Gasteiger partial charge is 0.344 e. The first-order chi connectivity index (χ1) is 12.6. The number of fused-ring (bicyclic) bond motifs is 3. The number of hydrogen-bond donors (Lipinski definition) is 1. The smallest absolute Gasteiger partial charge is 0.274 e. The number of hydrazone groups is 1. The fourth-order valence-electron chi connectivity index (χ4n) is 3.14. The maximum Gasteiger partial charge on any atom is 0.274 e. The van der Waals surface area contributed by atoms with E-state index in [4.69, 9.17) is 0 Å². The van der Waals surface area contributed by atoms with Gasteiger partial charge in [-0.05, 0) is 35.9 Å². The number of carbonyl (C=O) groups is 1. The van der Waals surface area contributed by atoms with Gasteiger partial charge in [-0.3, -0.25) is 4.79 Å². The Bertz CT molecular complexity index is 1160. The second-order valence-electron chi connectivity index (χ2n) is 6.03. The van der Waals surface area contributed by atoms with Crippen molar-refractivity contribution in [1.82, 2.24) is 9.99 Å². The van der Waals surface area contributed by atoms with Crippen molar-refractivity contribution in [3.05, 3.63) is 83.7 Å². The summed E-state index contributed by atoms with van der Waals surface area (Å²) >= 11 is 0. The number of amides is 1. The molecule has 0 aliphatic rings. The van der Waals surface area contributed by atoms with Crippen molar-refractivity contribution in [2.45, 2.75) is 0 Å². The van der Waals surface area contributed by atoms with Crippen LogP contribution in [0, 0.1) is 5.82 Å². The molecule has 4 rings (SSSR count).